The molecule has 1 amide bonds. The topological polar surface area (TPSA) is 47.4 Å². The molecule has 0 bridgehead atoms. The monoisotopic (exact) mass is 291 g/mol. The fraction of sp³-hybridized carbons (Fsp3) is 0.429. The first kappa shape index (κ1) is 13.3. The molecule has 0 N–H and O–H groups in total. The number of carbonyl (C=O) groups is 1. The van der Waals surface area contributed by atoms with Crippen molar-refractivity contribution in [2.24, 2.45) is 5.92 Å². The Hall–Kier alpha value is -1.66. The summed E-state index contributed by atoms with van der Waals surface area (Å²) in [5, 5.41) is 1.93. The Morgan fingerprint density at radius 3 is 3.20 bits per heavy atom. The molecule has 2 aromatic heterocycles. The normalized spacial score (nSPS) is 18.6. The van der Waals surface area contributed by atoms with Gasteiger partial charge in [0.15, 0.2) is 0 Å². The Morgan fingerprint density at radius 2 is 2.45 bits per heavy atom. The molecule has 20 heavy (non-hydrogen) atoms. The van der Waals surface area contributed by atoms with Gasteiger partial charge in [0.1, 0.15) is 5.82 Å². The maximum Gasteiger partial charge on any atom is 0.264 e. The van der Waals surface area contributed by atoms with E-state index in [1.807, 2.05) is 28.6 Å². The zero-order chi connectivity index (χ0) is 13.9. The van der Waals surface area contributed by atoms with Gasteiger partial charge >= 0.3 is 0 Å². The van der Waals surface area contributed by atoms with E-state index in [4.69, 9.17) is 4.74 Å². The van der Waals surface area contributed by atoms with Crippen molar-refractivity contribution in [2.75, 3.05) is 20.3 Å². The van der Waals surface area contributed by atoms with Gasteiger partial charge in [-0.2, -0.15) is 0 Å². The molecule has 0 radical (unpaired) electrons. The first-order chi connectivity index (χ1) is 9.78. The second-order valence-corrected chi connectivity index (χ2v) is 5.93. The molecule has 3 rings (SSSR count). The van der Waals surface area contributed by atoms with E-state index in [0.29, 0.717) is 25.6 Å². The number of carbonyl (C=O) groups excluding carboxylic acids is 1. The van der Waals surface area contributed by atoms with Crippen molar-refractivity contribution in [3.63, 3.8) is 0 Å². The van der Waals surface area contributed by atoms with E-state index in [1.54, 1.807) is 13.3 Å². The van der Waals surface area contributed by atoms with Crippen molar-refractivity contribution in [3.8, 4) is 0 Å². The van der Waals surface area contributed by atoms with E-state index in [1.165, 1.54) is 11.3 Å². The number of nitrogens with zero attached hydrogens (tertiary/aromatic N) is 3. The van der Waals surface area contributed by atoms with Crippen molar-refractivity contribution < 1.29 is 9.53 Å². The number of thiophene rings is 1. The number of ether oxygens (including phenoxy) is 1. The van der Waals surface area contributed by atoms with Gasteiger partial charge in [0.2, 0.25) is 0 Å². The lowest BCUT2D eigenvalue weighted by atomic mass is 10.1. The van der Waals surface area contributed by atoms with Crippen LogP contribution in [0.3, 0.4) is 0 Å². The standard InChI is InChI=1S/C14H17N3O2S/c1-19-10-11-7-16-5-4-15-13(16)9-17(8-11)14(18)12-3-2-6-20-12/h2-6,11H,7-10H2,1H3/t11-/m0/s1. The first-order valence-corrected chi connectivity index (χ1v) is 7.47. The summed E-state index contributed by atoms with van der Waals surface area (Å²) in [6.07, 6.45) is 3.76. The van der Waals surface area contributed by atoms with Crippen LogP contribution in [-0.2, 0) is 17.8 Å². The van der Waals surface area contributed by atoms with Crippen molar-refractivity contribution in [1.29, 1.82) is 0 Å². The summed E-state index contributed by atoms with van der Waals surface area (Å²) in [4.78, 5) is 19.6. The van der Waals surface area contributed by atoms with Gasteiger partial charge in [-0.25, -0.2) is 4.98 Å². The fourth-order valence-electron chi connectivity index (χ4n) is 2.59. The van der Waals surface area contributed by atoms with Gasteiger partial charge < -0.3 is 14.2 Å². The van der Waals surface area contributed by atoms with Gasteiger partial charge in [-0.3, -0.25) is 4.79 Å². The maximum absolute atomic E-state index is 12.6. The summed E-state index contributed by atoms with van der Waals surface area (Å²) in [6, 6.07) is 3.78. The first-order valence-electron chi connectivity index (χ1n) is 6.59. The molecule has 1 aliphatic rings. The predicted molar refractivity (Wildman–Crippen MR) is 76.7 cm³/mol. The number of aromatic nitrogens is 2. The Balaban J connectivity index is 1.85. The van der Waals surface area contributed by atoms with Crippen molar-refractivity contribution in [1.82, 2.24) is 14.5 Å². The van der Waals surface area contributed by atoms with Crippen molar-refractivity contribution >= 4 is 17.2 Å². The van der Waals surface area contributed by atoms with Gasteiger partial charge in [-0.1, -0.05) is 6.07 Å². The molecule has 3 heterocycles. The molecule has 6 heteroatoms. The number of imidazole rings is 1. The molecular formula is C14H17N3O2S. The number of hydrogen-bond donors (Lipinski definition) is 0. The number of methoxy groups -OCH3 is 1. The summed E-state index contributed by atoms with van der Waals surface area (Å²) in [7, 11) is 1.70. The van der Waals surface area contributed by atoms with Crippen molar-refractivity contribution in [3.05, 3.63) is 40.6 Å². The quantitative estimate of drug-likeness (QED) is 0.867. The predicted octanol–water partition coefficient (Wildman–Crippen LogP) is 1.86. The number of rotatable bonds is 3. The highest BCUT2D eigenvalue weighted by Gasteiger charge is 2.26. The van der Waals surface area contributed by atoms with E-state index in [9.17, 15) is 4.79 Å². The molecule has 0 saturated heterocycles. The summed E-state index contributed by atoms with van der Waals surface area (Å²) in [5.74, 6) is 1.31. The van der Waals surface area contributed by atoms with Gasteiger partial charge in [-0.05, 0) is 11.4 Å². The average molecular weight is 291 g/mol. The largest absolute Gasteiger partial charge is 0.384 e. The smallest absolute Gasteiger partial charge is 0.264 e. The Kier molecular flexibility index (Phi) is 3.84. The highest BCUT2D eigenvalue weighted by atomic mass is 32.1. The third-order valence-corrected chi connectivity index (χ3v) is 4.35. The number of fused-ring (bicyclic) bond motifs is 1. The minimum absolute atomic E-state index is 0.0811. The maximum atomic E-state index is 12.6. The molecule has 5 nitrogen and oxygen atoms in total. The van der Waals surface area contributed by atoms with Crippen LogP contribution in [0.5, 0.6) is 0 Å². The highest BCUT2D eigenvalue weighted by molar-refractivity contribution is 7.12. The SMILES string of the molecule is COC[C@@H]1CN(C(=O)c2cccs2)Cc2nccn2C1. The molecule has 106 valence electrons. The molecule has 1 atom stereocenters. The minimum atomic E-state index is 0.0811. The lowest BCUT2D eigenvalue weighted by Gasteiger charge is -2.23. The summed E-state index contributed by atoms with van der Waals surface area (Å²) < 4.78 is 7.39. The number of amides is 1. The molecule has 2 aromatic rings. The molecule has 0 saturated carbocycles. The Labute approximate surface area is 121 Å². The van der Waals surface area contributed by atoms with Crippen LogP contribution in [-0.4, -0.2) is 40.6 Å². The van der Waals surface area contributed by atoms with Crippen LogP contribution in [0, 0.1) is 5.92 Å². The van der Waals surface area contributed by atoms with Gasteiger partial charge in [-0.15, -0.1) is 11.3 Å². The minimum Gasteiger partial charge on any atom is -0.384 e. The summed E-state index contributed by atoms with van der Waals surface area (Å²) in [5.41, 5.74) is 0. The van der Waals surface area contributed by atoms with Crippen LogP contribution >= 0.6 is 11.3 Å². The molecule has 0 aromatic carbocycles. The molecular weight excluding hydrogens is 274 g/mol. The van der Waals surface area contributed by atoms with E-state index in [0.717, 1.165) is 17.2 Å². The van der Waals surface area contributed by atoms with Gasteiger partial charge in [0.05, 0.1) is 18.0 Å². The third kappa shape index (κ3) is 2.62. The van der Waals surface area contributed by atoms with E-state index in [-0.39, 0.29) is 5.91 Å². The summed E-state index contributed by atoms with van der Waals surface area (Å²) >= 11 is 1.48. The van der Waals surface area contributed by atoms with Gasteiger partial charge in [0.25, 0.3) is 5.91 Å². The highest BCUT2D eigenvalue weighted by Crippen LogP contribution is 2.20. The zero-order valence-electron chi connectivity index (χ0n) is 11.4. The van der Waals surface area contributed by atoms with Crippen LogP contribution in [0.15, 0.2) is 29.9 Å². The second kappa shape index (κ2) is 5.76. The average Bonchev–Trinajstić information content (AvgIpc) is 3.07. The lowest BCUT2D eigenvalue weighted by Crippen LogP contribution is -2.34. The second-order valence-electron chi connectivity index (χ2n) is 4.98. The van der Waals surface area contributed by atoms with Crippen LogP contribution in [0.2, 0.25) is 0 Å². The molecule has 0 spiro atoms. The third-order valence-electron chi connectivity index (χ3n) is 3.49. The van der Waals surface area contributed by atoms with Crippen LogP contribution in [0.1, 0.15) is 15.5 Å². The Bertz CT molecular complexity index is 579. The molecule has 0 aliphatic carbocycles. The zero-order valence-corrected chi connectivity index (χ0v) is 12.2. The van der Waals surface area contributed by atoms with E-state index >= 15 is 0 Å². The van der Waals surface area contributed by atoms with E-state index in [2.05, 4.69) is 9.55 Å². The van der Waals surface area contributed by atoms with Crippen molar-refractivity contribution in [2.45, 2.75) is 13.1 Å². The van der Waals surface area contributed by atoms with Crippen LogP contribution in [0.25, 0.3) is 0 Å². The Morgan fingerprint density at radius 1 is 1.55 bits per heavy atom. The molecule has 0 unspecified atom stereocenters. The number of hydrogen-bond acceptors (Lipinski definition) is 4. The summed E-state index contributed by atoms with van der Waals surface area (Å²) in [6.45, 7) is 2.75. The fourth-order valence-corrected chi connectivity index (χ4v) is 3.28. The lowest BCUT2D eigenvalue weighted by molar-refractivity contribution is 0.0670. The van der Waals surface area contributed by atoms with Gasteiger partial charge in [0, 0.05) is 38.5 Å². The van der Waals surface area contributed by atoms with E-state index < -0.39 is 0 Å². The van der Waals surface area contributed by atoms with Crippen LogP contribution < -0.4 is 0 Å². The van der Waals surface area contributed by atoms with Crippen LogP contribution in [0.4, 0.5) is 0 Å². The molecule has 1 aliphatic heterocycles. The molecule has 0 fully saturated rings.